The van der Waals surface area contributed by atoms with Crippen molar-refractivity contribution in [3.63, 3.8) is 0 Å². The molecule has 0 aliphatic rings. The Labute approximate surface area is 109 Å². The third kappa shape index (κ3) is 3.23. The van der Waals surface area contributed by atoms with Gasteiger partial charge in [-0.25, -0.2) is 4.98 Å². The fraction of sp³-hybridized carbons (Fsp3) is 0.167. The summed E-state index contributed by atoms with van der Waals surface area (Å²) < 4.78 is 5.40. The van der Waals surface area contributed by atoms with E-state index in [0.717, 1.165) is 5.69 Å². The quantitative estimate of drug-likeness (QED) is 0.619. The van der Waals surface area contributed by atoms with E-state index >= 15 is 0 Å². The number of rotatable bonds is 5. The fourth-order valence-electron chi connectivity index (χ4n) is 1.49. The normalized spacial score (nSPS) is 10.2. The Kier molecular flexibility index (Phi) is 3.99. The molecule has 1 aromatic heterocycles. The lowest BCUT2D eigenvalue weighted by molar-refractivity contribution is 0.328. The molecule has 7 nitrogen and oxygen atoms in total. The first-order chi connectivity index (χ1) is 9.20. The smallest absolute Gasteiger partial charge is 0.276 e. The number of hydrogen-bond acceptors (Lipinski definition) is 6. The summed E-state index contributed by atoms with van der Waals surface area (Å²) in [6.45, 7) is 0.884. The van der Waals surface area contributed by atoms with Crippen LogP contribution in [0.4, 0.5) is 17.2 Å². The highest BCUT2D eigenvalue weighted by Crippen LogP contribution is 2.21. The van der Waals surface area contributed by atoms with Crippen molar-refractivity contribution < 1.29 is 4.74 Å². The Morgan fingerprint density at radius 3 is 3.05 bits per heavy atom. The summed E-state index contributed by atoms with van der Waals surface area (Å²) in [5.74, 6) is 0.985. The molecule has 19 heavy (non-hydrogen) atoms. The van der Waals surface area contributed by atoms with Crippen molar-refractivity contribution in [1.82, 2.24) is 9.97 Å². The molecule has 0 saturated carbocycles. The van der Waals surface area contributed by atoms with Crippen LogP contribution in [0.3, 0.4) is 0 Å². The Morgan fingerprint density at radius 2 is 2.26 bits per heavy atom. The first kappa shape index (κ1) is 12.9. The fourth-order valence-corrected chi connectivity index (χ4v) is 1.49. The summed E-state index contributed by atoms with van der Waals surface area (Å²) in [5.41, 5.74) is 11.4. The number of ether oxygens (including phenoxy) is 1. The van der Waals surface area contributed by atoms with Gasteiger partial charge in [-0.15, -0.1) is 0 Å². The third-order valence-corrected chi connectivity index (χ3v) is 2.37. The van der Waals surface area contributed by atoms with Crippen molar-refractivity contribution in [3.8, 4) is 5.75 Å². The van der Waals surface area contributed by atoms with Crippen molar-refractivity contribution in [2.45, 2.75) is 0 Å². The molecule has 0 fully saturated rings. The average Bonchev–Trinajstić information content (AvgIpc) is 2.42. The van der Waals surface area contributed by atoms with Crippen LogP contribution in [0.15, 0.2) is 35.4 Å². The highest BCUT2D eigenvalue weighted by Gasteiger charge is 2.05. The number of hydrogen-bond donors (Lipinski definition) is 4. The molecule has 0 aliphatic carbocycles. The van der Waals surface area contributed by atoms with E-state index in [1.54, 1.807) is 6.07 Å². The molecular weight excluding hydrogens is 246 g/mol. The van der Waals surface area contributed by atoms with Crippen LogP contribution in [0.25, 0.3) is 0 Å². The maximum absolute atomic E-state index is 11.3. The molecule has 7 heteroatoms. The first-order valence-electron chi connectivity index (χ1n) is 5.74. The van der Waals surface area contributed by atoms with E-state index < -0.39 is 0 Å². The highest BCUT2D eigenvalue weighted by atomic mass is 16.5. The van der Waals surface area contributed by atoms with E-state index in [2.05, 4.69) is 15.3 Å². The van der Waals surface area contributed by atoms with E-state index in [-0.39, 0.29) is 11.2 Å². The molecule has 2 rings (SSSR count). The van der Waals surface area contributed by atoms with Gasteiger partial charge in [-0.3, -0.25) is 4.79 Å². The van der Waals surface area contributed by atoms with Crippen LogP contribution in [0.5, 0.6) is 5.75 Å². The molecular formula is C12H15N5O2. The van der Waals surface area contributed by atoms with Gasteiger partial charge in [0.2, 0.25) is 0 Å². The van der Waals surface area contributed by atoms with Crippen molar-refractivity contribution in [1.29, 1.82) is 0 Å². The molecule has 1 aromatic carbocycles. The standard InChI is InChI=1S/C12H15N5O2/c13-4-5-19-9-3-1-2-8(6-9)17-11-10(14)12(18)16-7-15-11/h1-3,6-7H,4-5,13-14H2,(H2,15,16,17,18). The second kappa shape index (κ2) is 5.87. The number of nitrogens with one attached hydrogen (secondary N) is 2. The molecule has 0 radical (unpaired) electrons. The van der Waals surface area contributed by atoms with Gasteiger partial charge in [0.05, 0.1) is 6.33 Å². The zero-order valence-electron chi connectivity index (χ0n) is 10.2. The van der Waals surface area contributed by atoms with E-state index in [1.807, 2.05) is 18.2 Å². The van der Waals surface area contributed by atoms with E-state index in [0.29, 0.717) is 24.7 Å². The minimum absolute atomic E-state index is 0.0378. The first-order valence-corrected chi connectivity index (χ1v) is 5.74. The van der Waals surface area contributed by atoms with Gasteiger partial charge in [-0.2, -0.15) is 0 Å². The average molecular weight is 261 g/mol. The number of aromatic nitrogens is 2. The number of aromatic amines is 1. The Morgan fingerprint density at radius 1 is 1.42 bits per heavy atom. The van der Waals surface area contributed by atoms with E-state index in [9.17, 15) is 4.79 Å². The predicted molar refractivity (Wildman–Crippen MR) is 73.5 cm³/mol. The Hall–Kier alpha value is -2.54. The molecule has 0 saturated heterocycles. The number of benzene rings is 1. The largest absolute Gasteiger partial charge is 0.492 e. The summed E-state index contributed by atoms with van der Waals surface area (Å²) in [7, 11) is 0. The summed E-state index contributed by atoms with van der Waals surface area (Å²) in [5, 5.41) is 2.96. The number of anilines is 3. The van der Waals surface area contributed by atoms with Gasteiger partial charge < -0.3 is 26.5 Å². The lowest BCUT2D eigenvalue weighted by Crippen LogP contribution is -2.14. The minimum Gasteiger partial charge on any atom is -0.492 e. The van der Waals surface area contributed by atoms with Crippen LogP contribution in [0.2, 0.25) is 0 Å². The number of H-pyrrole nitrogens is 1. The van der Waals surface area contributed by atoms with Gasteiger partial charge in [-0.1, -0.05) is 6.07 Å². The topological polar surface area (TPSA) is 119 Å². The van der Waals surface area contributed by atoms with Crippen LogP contribution in [-0.4, -0.2) is 23.1 Å². The summed E-state index contributed by atoms with van der Waals surface area (Å²) in [6, 6.07) is 7.22. The van der Waals surface area contributed by atoms with Gasteiger partial charge >= 0.3 is 0 Å². The summed E-state index contributed by atoms with van der Waals surface area (Å²) in [4.78, 5) is 17.7. The molecule has 0 unspecified atom stereocenters. The zero-order valence-corrected chi connectivity index (χ0v) is 10.2. The number of nitrogens with two attached hydrogens (primary N) is 2. The molecule has 0 amide bonds. The van der Waals surface area contributed by atoms with Crippen LogP contribution in [-0.2, 0) is 0 Å². The van der Waals surface area contributed by atoms with Crippen LogP contribution in [0, 0.1) is 0 Å². The van der Waals surface area contributed by atoms with Gasteiger partial charge in [0.1, 0.15) is 18.0 Å². The maximum atomic E-state index is 11.3. The maximum Gasteiger partial charge on any atom is 0.276 e. The SMILES string of the molecule is NCCOc1cccc(Nc2nc[nH]c(=O)c2N)c1. The Balaban J connectivity index is 2.19. The molecule has 0 aliphatic heterocycles. The minimum atomic E-state index is -0.381. The van der Waals surface area contributed by atoms with Crippen molar-refractivity contribution >= 4 is 17.2 Å². The van der Waals surface area contributed by atoms with Crippen LogP contribution in [0.1, 0.15) is 0 Å². The summed E-state index contributed by atoms with van der Waals surface area (Å²) in [6.07, 6.45) is 1.29. The molecule has 6 N–H and O–H groups in total. The molecule has 1 heterocycles. The lowest BCUT2D eigenvalue weighted by atomic mass is 10.3. The monoisotopic (exact) mass is 261 g/mol. The zero-order chi connectivity index (χ0) is 13.7. The molecule has 0 bridgehead atoms. The molecule has 0 spiro atoms. The van der Waals surface area contributed by atoms with Gasteiger partial charge in [0.25, 0.3) is 5.56 Å². The summed E-state index contributed by atoms with van der Waals surface area (Å²) >= 11 is 0. The van der Waals surface area contributed by atoms with Gasteiger partial charge in [0, 0.05) is 18.3 Å². The highest BCUT2D eigenvalue weighted by molar-refractivity contribution is 5.68. The Bertz CT molecular complexity index is 611. The predicted octanol–water partition coefficient (Wildman–Crippen LogP) is 0.433. The second-order valence-corrected chi connectivity index (χ2v) is 3.78. The molecule has 100 valence electrons. The van der Waals surface area contributed by atoms with E-state index in [4.69, 9.17) is 16.2 Å². The van der Waals surface area contributed by atoms with Crippen molar-refractivity contribution in [2.24, 2.45) is 5.73 Å². The van der Waals surface area contributed by atoms with Gasteiger partial charge in [-0.05, 0) is 12.1 Å². The number of nitrogens with zero attached hydrogens (tertiary/aromatic N) is 1. The van der Waals surface area contributed by atoms with Crippen LogP contribution < -0.4 is 27.1 Å². The second-order valence-electron chi connectivity index (χ2n) is 3.78. The van der Waals surface area contributed by atoms with Crippen LogP contribution >= 0.6 is 0 Å². The third-order valence-electron chi connectivity index (χ3n) is 2.37. The molecule has 2 aromatic rings. The van der Waals surface area contributed by atoms with Crippen molar-refractivity contribution in [2.75, 3.05) is 24.2 Å². The molecule has 0 atom stereocenters. The van der Waals surface area contributed by atoms with Gasteiger partial charge in [0.15, 0.2) is 5.82 Å². The van der Waals surface area contributed by atoms with Crippen molar-refractivity contribution in [3.05, 3.63) is 40.9 Å². The number of nitrogen functional groups attached to an aromatic ring is 1. The lowest BCUT2D eigenvalue weighted by Gasteiger charge is -2.09. The van der Waals surface area contributed by atoms with E-state index in [1.165, 1.54) is 6.33 Å².